The number of fused-ring (bicyclic) bond motifs is 1. The Kier molecular flexibility index (Phi) is 4.15. The van der Waals surface area contributed by atoms with E-state index >= 15 is 0 Å². The van der Waals surface area contributed by atoms with Gasteiger partial charge in [0, 0.05) is 17.1 Å². The van der Waals surface area contributed by atoms with Crippen LogP contribution in [0, 0.1) is 5.92 Å². The number of nitrogens with zero attached hydrogens (tertiary/aromatic N) is 1. The molecule has 0 aliphatic carbocycles. The zero-order chi connectivity index (χ0) is 13.0. The Hall–Kier alpha value is -1.61. The van der Waals surface area contributed by atoms with Crippen LogP contribution in [-0.2, 0) is 6.61 Å². The van der Waals surface area contributed by atoms with Crippen LogP contribution in [-0.4, -0.2) is 16.7 Å². The Morgan fingerprint density at radius 3 is 2.61 bits per heavy atom. The molecule has 0 atom stereocenters. The van der Waals surface area contributed by atoms with E-state index < -0.39 is 0 Å². The molecule has 1 aromatic carbocycles. The lowest BCUT2D eigenvalue weighted by atomic mass is 10.1. The molecule has 0 amide bonds. The van der Waals surface area contributed by atoms with Gasteiger partial charge in [0.25, 0.3) is 0 Å². The smallest absolute Gasteiger partial charge is 0.221 e. The van der Waals surface area contributed by atoms with Crippen molar-refractivity contribution in [1.82, 2.24) is 4.98 Å². The molecule has 0 aliphatic rings. The minimum absolute atomic E-state index is 0.000211. The van der Waals surface area contributed by atoms with Gasteiger partial charge < -0.3 is 9.84 Å². The SMILES string of the molecule is CC(C)CCOc1ncc(CO)c2ccccc12. The van der Waals surface area contributed by atoms with Crippen molar-refractivity contribution in [2.24, 2.45) is 5.92 Å². The van der Waals surface area contributed by atoms with Gasteiger partial charge in [-0.05, 0) is 23.8 Å². The highest BCUT2D eigenvalue weighted by molar-refractivity contribution is 5.89. The van der Waals surface area contributed by atoms with Gasteiger partial charge in [-0.1, -0.05) is 32.0 Å². The van der Waals surface area contributed by atoms with Crippen molar-refractivity contribution in [2.75, 3.05) is 6.61 Å². The molecule has 1 N–H and O–H groups in total. The molecular formula is C15H19NO2. The molecule has 96 valence electrons. The van der Waals surface area contributed by atoms with Gasteiger partial charge in [0.15, 0.2) is 0 Å². The highest BCUT2D eigenvalue weighted by Gasteiger charge is 2.07. The molecule has 3 heteroatoms. The van der Waals surface area contributed by atoms with Crippen LogP contribution in [0.25, 0.3) is 10.8 Å². The lowest BCUT2D eigenvalue weighted by Gasteiger charge is -2.11. The minimum atomic E-state index is -0.000211. The Morgan fingerprint density at radius 2 is 1.94 bits per heavy atom. The van der Waals surface area contributed by atoms with Crippen molar-refractivity contribution in [3.05, 3.63) is 36.0 Å². The average Bonchev–Trinajstić information content (AvgIpc) is 2.38. The molecule has 0 fully saturated rings. The molecule has 3 nitrogen and oxygen atoms in total. The summed E-state index contributed by atoms with van der Waals surface area (Å²) in [4.78, 5) is 4.29. The average molecular weight is 245 g/mol. The zero-order valence-electron chi connectivity index (χ0n) is 10.9. The van der Waals surface area contributed by atoms with Gasteiger partial charge in [-0.3, -0.25) is 0 Å². The van der Waals surface area contributed by atoms with E-state index in [2.05, 4.69) is 18.8 Å². The van der Waals surface area contributed by atoms with Crippen LogP contribution in [0.1, 0.15) is 25.8 Å². The van der Waals surface area contributed by atoms with E-state index in [1.807, 2.05) is 24.3 Å². The Morgan fingerprint density at radius 1 is 1.22 bits per heavy atom. The van der Waals surface area contributed by atoms with E-state index in [1.54, 1.807) is 6.20 Å². The third-order valence-electron chi connectivity index (χ3n) is 2.95. The fourth-order valence-electron chi connectivity index (χ4n) is 1.86. The van der Waals surface area contributed by atoms with Crippen molar-refractivity contribution < 1.29 is 9.84 Å². The number of aliphatic hydroxyl groups is 1. The van der Waals surface area contributed by atoms with E-state index in [9.17, 15) is 5.11 Å². The third kappa shape index (κ3) is 2.79. The van der Waals surface area contributed by atoms with E-state index in [0.29, 0.717) is 18.4 Å². The maximum absolute atomic E-state index is 9.29. The first kappa shape index (κ1) is 12.8. The largest absolute Gasteiger partial charge is 0.477 e. The Balaban J connectivity index is 2.28. The molecule has 0 saturated carbocycles. The summed E-state index contributed by atoms with van der Waals surface area (Å²) in [6, 6.07) is 7.88. The normalized spacial score (nSPS) is 11.1. The highest BCUT2D eigenvalue weighted by Crippen LogP contribution is 2.26. The summed E-state index contributed by atoms with van der Waals surface area (Å²) < 4.78 is 5.74. The molecule has 0 radical (unpaired) electrons. The standard InChI is InChI=1S/C15H19NO2/c1-11(2)7-8-18-15-14-6-4-3-5-13(14)12(10-17)9-16-15/h3-6,9,11,17H,7-8,10H2,1-2H3. The van der Waals surface area contributed by atoms with Crippen LogP contribution in [0.4, 0.5) is 0 Å². The van der Waals surface area contributed by atoms with Gasteiger partial charge in [-0.15, -0.1) is 0 Å². The molecule has 0 bridgehead atoms. The molecule has 1 heterocycles. The van der Waals surface area contributed by atoms with E-state index in [-0.39, 0.29) is 6.61 Å². The molecule has 0 unspecified atom stereocenters. The highest BCUT2D eigenvalue weighted by atomic mass is 16.5. The van der Waals surface area contributed by atoms with Gasteiger partial charge in [0.2, 0.25) is 5.88 Å². The summed E-state index contributed by atoms with van der Waals surface area (Å²) >= 11 is 0. The maximum atomic E-state index is 9.29. The monoisotopic (exact) mass is 245 g/mol. The summed E-state index contributed by atoms with van der Waals surface area (Å²) in [5.74, 6) is 1.27. The molecule has 0 spiro atoms. The number of aliphatic hydroxyl groups excluding tert-OH is 1. The number of hydrogen-bond acceptors (Lipinski definition) is 3. The van der Waals surface area contributed by atoms with Crippen molar-refractivity contribution in [1.29, 1.82) is 0 Å². The molecule has 0 aliphatic heterocycles. The first-order chi connectivity index (χ1) is 8.72. The summed E-state index contributed by atoms with van der Waals surface area (Å²) in [6.45, 7) is 5.01. The van der Waals surface area contributed by atoms with Crippen LogP contribution in [0.15, 0.2) is 30.5 Å². The number of benzene rings is 1. The molecular weight excluding hydrogens is 226 g/mol. The maximum Gasteiger partial charge on any atom is 0.221 e. The number of aromatic nitrogens is 1. The summed E-state index contributed by atoms with van der Waals surface area (Å²) in [6.07, 6.45) is 2.70. The van der Waals surface area contributed by atoms with Crippen molar-refractivity contribution in [2.45, 2.75) is 26.9 Å². The predicted molar refractivity (Wildman–Crippen MR) is 72.6 cm³/mol. The van der Waals surface area contributed by atoms with Crippen LogP contribution in [0.2, 0.25) is 0 Å². The Bertz CT molecular complexity index is 523. The fourth-order valence-corrected chi connectivity index (χ4v) is 1.86. The minimum Gasteiger partial charge on any atom is -0.477 e. The van der Waals surface area contributed by atoms with Gasteiger partial charge in [-0.25, -0.2) is 4.98 Å². The molecule has 1 aromatic heterocycles. The quantitative estimate of drug-likeness (QED) is 0.879. The van der Waals surface area contributed by atoms with Crippen molar-refractivity contribution >= 4 is 10.8 Å². The number of hydrogen-bond donors (Lipinski definition) is 1. The van der Waals surface area contributed by atoms with Crippen molar-refractivity contribution in [3.63, 3.8) is 0 Å². The van der Waals surface area contributed by atoms with Gasteiger partial charge in [-0.2, -0.15) is 0 Å². The second-order valence-electron chi connectivity index (χ2n) is 4.82. The topological polar surface area (TPSA) is 42.4 Å². The first-order valence-corrected chi connectivity index (χ1v) is 6.32. The third-order valence-corrected chi connectivity index (χ3v) is 2.95. The lowest BCUT2D eigenvalue weighted by Crippen LogP contribution is -2.03. The van der Waals surface area contributed by atoms with Crippen LogP contribution in [0.5, 0.6) is 5.88 Å². The Labute approximate surface area is 107 Å². The predicted octanol–water partition coefficient (Wildman–Crippen LogP) is 3.15. The van der Waals surface area contributed by atoms with Crippen LogP contribution in [0.3, 0.4) is 0 Å². The molecule has 0 saturated heterocycles. The molecule has 2 rings (SSSR count). The molecule has 18 heavy (non-hydrogen) atoms. The van der Waals surface area contributed by atoms with E-state index in [4.69, 9.17) is 4.74 Å². The number of rotatable bonds is 5. The van der Waals surface area contributed by atoms with Crippen molar-refractivity contribution in [3.8, 4) is 5.88 Å². The zero-order valence-corrected chi connectivity index (χ0v) is 10.9. The lowest BCUT2D eigenvalue weighted by molar-refractivity contribution is 0.277. The molecule has 2 aromatic rings. The van der Waals surface area contributed by atoms with Crippen LogP contribution < -0.4 is 4.74 Å². The summed E-state index contributed by atoms with van der Waals surface area (Å²) in [5.41, 5.74) is 0.835. The van der Waals surface area contributed by atoms with E-state index in [1.165, 1.54) is 0 Å². The fraction of sp³-hybridized carbons (Fsp3) is 0.400. The first-order valence-electron chi connectivity index (χ1n) is 6.32. The summed E-state index contributed by atoms with van der Waals surface area (Å²) in [5, 5.41) is 11.3. The van der Waals surface area contributed by atoms with Gasteiger partial charge in [0.05, 0.1) is 13.2 Å². The van der Waals surface area contributed by atoms with Crippen LogP contribution >= 0.6 is 0 Å². The van der Waals surface area contributed by atoms with Gasteiger partial charge >= 0.3 is 0 Å². The number of pyridine rings is 1. The number of ether oxygens (including phenoxy) is 1. The van der Waals surface area contributed by atoms with E-state index in [0.717, 1.165) is 22.8 Å². The van der Waals surface area contributed by atoms with Gasteiger partial charge in [0.1, 0.15) is 0 Å². The second kappa shape index (κ2) is 5.83. The summed E-state index contributed by atoms with van der Waals surface area (Å²) in [7, 11) is 0. The second-order valence-corrected chi connectivity index (χ2v) is 4.82.